The first-order valence-electron chi connectivity index (χ1n) is 7.01. The molecule has 1 amide bonds. The van der Waals surface area contributed by atoms with Crippen molar-refractivity contribution in [1.29, 1.82) is 0 Å². The highest BCUT2D eigenvalue weighted by Crippen LogP contribution is 2.26. The average Bonchev–Trinajstić information content (AvgIpc) is 2.49. The number of rotatable bonds is 2. The van der Waals surface area contributed by atoms with Crippen molar-refractivity contribution in [1.82, 2.24) is 4.98 Å². The van der Waals surface area contributed by atoms with Crippen LogP contribution < -0.4 is 10.9 Å². The van der Waals surface area contributed by atoms with Gasteiger partial charge in [-0.1, -0.05) is 23.2 Å². The Morgan fingerprint density at radius 1 is 1.13 bits per heavy atom. The van der Waals surface area contributed by atoms with E-state index in [1.165, 1.54) is 12.1 Å². The molecule has 0 saturated carbocycles. The number of nitrogens with one attached hydrogen (secondary N) is 2. The number of aromatic nitrogens is 1. The van der Waals surface area contributed by atoms with Crippen molar-refractivity contribution in [3.8, 4) is 0 Å². The second kappa shape index (κ2) is 6.18. The molecule has 2 N–H and O–H groups in total. The van der Waals surface area contributed by atoms with Gasteiger partial charge in [0, 0.05) is 22.7 Å². The summed E-state index contributed by atoms with van der Waals surface area (Å²) in [5.74, 6) is -0.697. The number of carbonyl (C=O) groups is 2. The van der Waals surface area contributed by atoms with Gasteiger partial charge in [0.25, 0.3) is 11.5 Å². The lowest BCUT2D eigenvalue weighted by Crippen LogP contribution is -2.27. The van der Waals surface area contributed by atoms with Crippen LogP contribution in [0.2, 0.25) is 10.0 Å². The topological polar surface area (TPSA) is 79.0 Å². The zero-order valence-corrected chi connectivity index (χ0v) is 13.4. The van der Waals surface area contributed by atoms with E-state index in [-0.39, 0.29) is 16.4 Å². The monoisotopic (exact) mass is 350 g/mol. The molecule has 23 heavy (non-hydrogen) atoms. The van der Waals surface area contributed by atoms with Gasteiger partial charge < -0.3 is 10.3 Å². The number of aromatic amines is 1. The van der Waals surface area contributed by atoms with Gasteiger partial charge >= 0.3 is 0 Å². The molecule has 5 nitrogen and oxygen atoms in total. The van der Waals surface area contributed by atoms with Gasteiger partial charge in [-0.15, -0.1) is 0 Å². The number of halogens is 2. The van der Waals surface area contributed by atoms with E-state index in [1.54, 1.807) is 12.1 Å². The van der Waals surface area contributed by atoms with E-state index in [9.17, 15) is 14.4 Å². The predicted octanol–water partition coefficient (Wildman–Crippen LogP) is 3.45. The third-order valence-electron chi connectivity index (χ3n) is 3.68. The lowest BCUT2D eigenvalue weighted by atomic mass is 9.93. The van der Waals surface area contributed by atoms with Gasteiger partial charge in [0.05, 0.1) is 10.7 Å². The van der Waals surface area contributed by atoms with E-state index in [2.05, 4.69) is 10.3 Å². The number of carbonyl (C=O) groups excluding carboxylic acids is 2. The molecule has 0 fully saturated rings. The van der Waals surface area contributed by atoms with Crippen molar-refractivity contribution in [3.63, 3.8) is 0 Å². The molecule has 0 bridgehead atoms. The van der Waals surface area contributed by atoms with E-state index >= 15 is 0 Å². The van der Waals surface area contributed by atoms with Crippen molar-refractivity contribution in [2.24, 2.45) is 0 Å². The highest BCUT2D eigenvalue weighted by Gasteiger charge is 2.22. The molecule has 7 heteroatoms. The Balaban J connectivity index is 1.95. The summed E-state index contributed by atoms with van der Waals surface area (Å²) in [5, 5.41) is 3.25. The summed E-state index contributed by atoms with van der Waals surface area (Å²) in [5.41, 5.74) is 0.686. The van der Waals surface area contributed by atoms with Gasteiger partial charge in [0.2, 0.25) is 0 Å². The van der Waals surface area contributed by atoms with Gasteiger partial charge in [-0.2, -0.15) is 0 Å². The van der Waals surface area contributed by atoms with Crippen LogP contribution in [0.1, 0.15) is 39.3 Å². The number of hydrogen-bond acceptors (Lipinski definition) is 3. The molecule has 1 aliphatic carbocycles. The Morgan fingerprint density at radius 2 is 1.91 bits per heavy atom. The number of Topliss-reactive ketones (excluding diaryl/α,β-unsaturated/α-hetero) is 1. The summed E-state index contributed by atoms with van der Waals surface area (Å²) in [6.45, 7) is 0. The first-order valence-corrected chi connectivity index (χ1v) is 7.77. The number of amides is 1. The summed E-state index contributed by atoms with van der Waals surface area (Å²) in [7, 11) is 0. The minimum atomic E-state index is -0.628. The van der Waals surface area contributed by atoms with E-state index in [0.717, 1.165) is 0 Å². The Labute approximate surface area is 141 Å². The van der Waals surface area contributed by atoms with E-state index in [1.807, 2.05) is 0 Å². The lowest BCUT2D eigenvalue weighted by Gasteiger charge is -2.15. The third kappa shape index (κ3) is 3.16. The maximum absolute atomic E-state index is 12.3. The third-order valence-corrected chi connectivity index (χ3v) is 4.23. The summed E-state index contributed by atoms with van der Waals surface area (Å²) >= 11 is 11.8. The first kappa shape index (κ1) is 15.8. The molecule has 118 valence electrons. The average molecular weight is 351 g/mol. The van der Waals surface area contributed by atoms with Crippen LogP contribution in [-0.4, -0.2) is 16.7 Å². The number of fused-ring (bicyclic) bond motifs is 1. The summed E-state index contributed by atoms with van der Waals surface area (Å²) in [6, 6.07) is 5.96. The number of anilines is 1. The van der Waals surface area contributed by atoms with Crippen LogP contribution in [-0.2, 0) is 6.42 Å². The standard InChI is InChI=1S/C16H12Cl2N2O3/c17-8-4-5-13(11(18)6-8)20-16(23)10-7-9-12(19-15(10)22)2-1-3-14(9)21/h4-7H,1-3H2,(H,19,22)(H,20,23). The van der Waals surface area contributed by atoms with Crippen LogP contribution in [0.5, 0.6) is 0 Å². The van der Waals surface area contributed by atoms with Crippen molar-refractivity contribution in [2.75, 3.05) is 5.32 Å². The number of benzene rings is 1. The molecule has 0 aliphatic heterocycles. The van der Waals surface area contributed by atoms with E-state index in [4.69, 9.17) is 23.2 Å². The number of pyridine rings is 1. The van der Waals surface area contributed by atoms with E-state index in [0.29, 0.717) is 41.2 Å². The van der Waals surface area contributed by atoms with Crippen molar-refractivity contribution in [3.05, 3.63) is 61.5 Å². The molecule has 0 unspecified atom stereocenters. The molecule has 2 aromatic rings. The number of ketones is 1. The van der Waals surface area contributed by atoms with Crippen molar-refractivity contribution in [2.45, 2.75) is 19.3 Å². The largest absolute Gasteiger partial charge is 0.325 e. The van der Waals surface area contributed by atoms with Crippen molar-refractivity contribution >= 4 is 40.6 Å². The van der Waals surface area contributed by atoms with Crippen LogP contribution in [0.3, 0.4) is 0 Å². The highest BCUT2D eigenvalue weighted by molar-refractivity contribution is 6.36. The Bertz CT molecular complexity index is 874. The molecular weight excluding hydrogens is 339 g/mol. The number of H-pyrrole nitrogens is 1. The van der Waals surface area contributed by atoms with Gasteiger partial charge in [-0.05, 0) is 37.1 Å². The number of hydrogen-bond donors (Lipinski definition) is 2. The van der Waals surface area contributed by atoms with Crippen molar-refractivity contribution < 1.29 is 9.59 Å². The molecule has 1 aliphatic rings. The maximum atomic E-state index is 12.3. The van der Waals surface area contributed by atoms with Gasteiger partial charge in [-0.3, -0.25) is 14.4 Å². The summed E-state index contributed by atoms with van der Waals surface area (Å²) in [4.78, 5) is 39.0. The lowest BCUT2D eigenvalue weighted by molar-refractivity contribution is 0.0971. The molecule has 1 heterocycles. The first-order chi connectivity index (χ1) is 11.0. The maximum Gasteiger partial charge on any atom is 0.261 e. The quantitative estimate of drug-likeness (QED) is 0.870. The second-order valence-electron chi connectivity index (χ2n) is 5.26. The van der Waals surface area contributed by atoms with Gasteiger partial charge in [-0.25, -0.2) is 0 Å². The van der Waals surface area contributed by atoms with Crippen LogP contribution in [0, 0.1) is 0 Å². The van der Waals surface area contributed by atoms with Crippen LogP contribution in [0.15, 0.2) is 29.1 Å². The second-order valence-corrected chi connectivity index (χ2v) is 6.10. The number of aryl methyl sites for hydroxylation is 1. The molecule has 0 radical (unpaired) electrons. The van der Waals surface area contributed by atoms with Crippen LogP contribution in [0.4, 0.5) is 5.69 Å². The minimum absolute atomic E-state index is 0.0684. The van der Waals surface area contributed by atoms with E-state index < -0.39 is 11.5 Å². The Hall–Kier alpha value is -2.11. The zero-order valence-electron chi connectivity index (χ0n) is 11.9. The molecule has 1 aromatic carbocycles. The minimum Gasteiger partial charge on any atom is -0.325 e. The Morgan fingerprint density at radius 3 is 2.65 bits per heavy atom. The highest BCUT2D eigenvalue weighted by atomic mass is 35.5. The molecule has 0 saturated heterocycles. The summed E-state index contributed by atoms with van der Waals surface area (Å²) < 4.78 is 0. The molecular formula is C16H12Cl2N2O3. The molecule has 1 aromatic heterocycles. The van der Waals surface area contributed by atoms with Crippen LogP contribution in [0.25, 0.3) is 0 Å². The fourth-order valence-electron chi connectivity index (χ4n) is 2.52. The molecule has 0 atom stereocenters. The smallest absolute Gasteiger partial charge is 0.261 e. The molecule has 0 spiro atoms. The van der Waals surface area contributed by atoms with Gasteiger partial charge in [0.15, 0.2) is 5.78 Å². The normalized spacial score (nSPS) is 13.6. The fraction of sp³-hybridized carbons (Fsp3) is 0.188. The fourth-order valence-corrected chi connectivity index (χ4v) is 2.98. The van der Waals surface area contributed by atoms with Gasteiger partial charge in [0.1, 0.15) is 5.56 Å². The molecule has 3 rings (SSSR count). The Kier molecular flexibility index (Phi) is 4.24. The zero-order chi connectivity index (χ0) is 16.6. The predicted molar refractivity (Wildman–Crippen MR) is 88.7 cm³/mol. The van der Waals surface area contributed by atoms with Crippen LogP contribution >= 0.6 is 23.2 Å². The SMILES string of the molecule is O=C1CCCc2[nH]c(=O)c(C(=O)Nc3ccc(Cl)cc3Cl)cc21. The summed E-state index contributed by atoms with van der Waals surface area (Å²) in [6.07, 6.45) is 1.75.